The van der Waals surface area contributed by atoms with E-state index in [0.29, 0.717) is 19.8 Å². The SMILES string of the molecule is CC1(NCC(O)COCc2ccco2)CC1. The van der Waals surface area contributed by atoms with E-state index in [-0.39, 0.29) is 5.54 Å². The van der Waals surface area contributed by atoms with Crippen LogP contribution in [-0.2, 0) is 11.3 Å². The third-order valence-corrected chi connectivity index (χ3v) is 2.90. The van der Waals surface area contributed by atoms with Crippen LogP contribution in [0.3, 0.4) is 0 Å². The molecule has 0 bridgehead atoms. The molecule has 0 saturated heterocycles. The van der Waals surface area contributed by atoms with Gasteiger partial charge in [-0.3, -0.25) is 0 Å². The van der Waals surface area contributed by atoms with Crippen molar-refractivity contribution in [1.82, 2.24) is 5.32 Å². The molecule has 0 spiro atoms. The van der Waals surface area contributed by atoms with Crippen LogP contribution in [0.5, 0.6) is 0 Å². The molecular formula is C12H19NO3. The van der Waals surface area contributed by atoms with Crippen molar-refractivity contribution in [2.45, 2.75) is 38.0 Å². The van der Waals surface area contributed by atoms with Crippen LogP contribution in [0.2, 0.25) is 0 Å². The van der Waals surface area contributed by atoms with Crippen LogP contribution in [0, 0.1) is 0 Å². The number of aliphatic hydroxyl groups is 1. The minimum atomic E-state index is -0.451. The quantitative estimate of drug-likeness (QED) is 0.734. The number of β-amino-alcohol motifs (C(OH)–C–C–N with tert-alkyl or cyclic N) is 1. The van der Waals surface area contributed by atoms with Gasteiger partial charge in [-0.2, -0.15) is 0 Å². The van der Waals surface area contributed by atoms with Crippen molar-refractivity contribution < 1.29 is 14.3 Å². The summed E-state index contributed by atoms with van der Waals surface area (Å²) in [5.41, 5.74) is 0.266. The predicted octanol–water partition coefficient (Wildman–Crippen LogP) is 1.30. The second kappa shape index (κ2) is 4.99. The molecule has 1 atom stereocenters. The molecule has 2 N–H and O–H groups in total. The Balaban J connectivity index is 1.55. The second-order valence-electron chi connectivity index (χ2n) is 4.69. The van der Waals surface area contributed by atoms with Gasteiger partial charge in [-0.15, -0.1) is 0 Å². The molecule has 0 aliphatic heterocycles. The van der Waals surface area contributed by atoms with E-state index in [1.807, 2.05) is 12.1 Å². The monoisotopic (exact) mass is 225 g/mol. The maximum atomic E-state index is 9.65. The summed E-state index contributed by atoms with van der Waals surface area (Å²) in [5.74, 6) is 0.786. The van der Waals surface area contributed by atoms with Gasteiger partial charge in [0.05, 0.1) is 19.0 Å². The number of hydrogen-bond donors (Lipinski definition) is 2. The molecule has 1 fully saturated rings. The maximum absolute atomic E-state index is 9.65. The van der Waals surface area contributed by atoms with Crippen molar-refractivity contribution in [3.63, 3.8) is 0 Å². The Kier molecular flexibility index (Phi) is 3.63. The molecule has 1 heterocycles. The fourth-order valence-corrected chi connectivity index (χ4v) is 1.48. The Morgan fingerprint density at radius 1 is 1.62 bits per heavy atom. The zero-order valence-corrected chi connectivity index (χ0v) is 9.61. The van der Waals surface area contributed by atoms with Crippen LogP contribution in [0.4, 0.5) is 0 Å². The molecule has 2 rings (SSSR count). The van der Waals surface area contributed by atoms with Crippen LogP contribution in [-0.4, -0.2) is 29.9 Å². The lowest BCUT2D eigenvalue weighted by atomic mass is 10.3. The van der Waals surface area contributed by atoms with Crippen molar-refractivity contribution in [1.29, 1.82) is 0 Å². The second-order valence-corrected chi connectivity index (χ2v) is 4.69. The molecule has 0 aromatic carbocycles. The maximum Gasteiger partial charge on any atom is 0.129 e. The van der Waals surface area contributed by atoms with E-state index in [4.69, 9.17) is 9.15 Å². The van der Waals surface area contributed by atoms with Crippen LogP contribution >= 0.6 is 0 Å². The molecule has 16 heavy (non-hydrogen) atoms. The number of rotatable bonds is 7. The lowest BCUT2D eigenvalue weighted by Gasteiger charge is -2.15. The average molecular weight is 225 g/mol. The summed E-state index contributed by atoms with van der Waals surface area (Å²) < 4.78 is 10.5. The lowest BCUT2D eigenvalue weighted by Crippen LogP contribution is -2.37. The standard InChI is InChI=1S/C12H19NO3/c1-12(4-5-12)13-7-10(14)8-15-9-11-3-2-6-16-11/h2-3,6,10,13-14H,4-5,7-9H2,1H3. The Morgan fingerprint density at radius 2 is 2.44 bits per heavy atom. The molecule has 1 aromatic heterocycles. The van der Waals surface area contributed by atoms with Crippen molar-refractivity contribution in [3.05, 3.63) is 24.2 Å². The highest BCUT2D eigenvalue weighted by molar-refractivity contribution is 4.98. The van der Waals surface area contributed by atoms with Crippen LogP contribution in [0.15, 0.2) is 22.8 Å². The molecule has 1 unspecified atom stereocenters. The van der Waals surface area contributed by atoms with E-state index >= 15 is 0 Å². The van der Waals surface area contributed by atoms with Gasteiger partial charge < -0.3 is 19.6 Å². The summed E-state index contributed by atoms with van der Waals surface area (Å²) in [6, 6.07) is 3.68. The van der Waals surface area contributed by atoms with Crippen LogP contribution < -0.4 is 5.32 Å². The molecule has 1 aromatic rings. The summed E-state index contributed by atoms with van der Waals surface area (Å²) in [7, 11) is 0. The first-order chi connectivity index (χ1) is 7.68. The molecule has 4 nitrogen and oxygen atoms in total. The van der Waals surface area contributed by atoms with Gasteiger partial charge in [0.15, 0.2) is 0 Å². The van der Waals surface area contributed by atoms with Crippen molar-refractivity contribution >= 4 is 0 Å². The Hall–Kier alpha value is -0.840. The summed E-state index contributed by atoms with van der Waals surface area (Å²) >= 11 is 0. The number of ether oxygens (including phenoxy) is 1. The smallest absolute Gasteiger partial charge is 0.129 e. The first-order valence-electron chi connectivity index (χ1n) is 5.71. The summed E-state index contributed by atoms with van der Waals surface area (Å²) in [6.07, 6.45) is 3.57. The number of furan rings is 1. The zero-order chi connectivity index (χ0) is 11.4. The molecule has 0 radical (unpaired) electrons. The molecule has 0 amide bonds. The normalized spacial score (nSPS) is 19.6. The molecule has 1 aliphatic rings. The van der Waals surface area contributed by atoms with Gasteiger partial charge in [-0.25, -0.2) is 0 Å². The molecule has 90 valence electrons. The number of hydrogen-bond acceptors (Lipinski definition) is 4. The third-order valence-electron chi connectivity index (χ3n) is 2.90. The van der Waals surface area contributed by atoms with E-state index in [1.54, 1.807) is 6.26 Å². The van der Waals surface area contributed by atoms with Gasteiger partial charge in [0.1, 0.15) is 12.4 Å². The van der Waals surface area contributed by atoms with Gasteiger partial charge in [-0.05, 0) is 31.9 Å². The Bertz CT molecular complexity index is 306. The van der Waals surface area contributed by atoms with E-state index < -0.39 is 6.10 Å². The molecular weight excluding hydrogens is 206 g/mol. The van der Waals surface area contributed by atoms with Crippen LogP contribution in [0.25, 0.3) is 0 Å². The lowest BCUT2D eigenvalue weighted by molar-refractivity contribution is 0.0213. The summed E-state index contributed by atoms with van der Waals surface area (Å²) in [6.45, 7) is 3.52. The van der Waals surface area contributed by atoms with Crippen molar-refractivity contribution in [3.8, 4) is 0 Å². The highest BCUT2D eigenvalue weighted by Crippen LogP contribution is 2.33. The van der Waals surface area contributed by atoms with Crippen molar-refractivity contribution in [2.75, 3.05) is 13.2 Å². The summed E-state index contributed by atoms with van der Waals surface area (Å²) in [4.78, 5) is 0. The van der Waals surface area contributed by atoms with Gasteiger partial charge in [-0.1, -0.05) is 0 Å². The van der Waals surface area contributed by atoms with E-state index in [9.17, 15) is 5.11 Å². The van der Waals surface area contributed by atoms with Crippen LogP contribution in [0.1, 0.15) is 25.5 Å². The fourth-order valence-electron chi connectivity index (χ4n) is 1.48. The highest BCUT2D eigenvalue weighted by atomic mass is 16.5. The molecule has 4 heteroatoms. The topological polar surface area (TPSA) is 54.6 Å². The first-order valence-corrected chi connectivity index (χ1v) is 5.71. The minimum absolute atomic E-state index is 0.266. The largest absolute Gasteiger partial charge is 0.467 e. The van der Waals surface area contributed by atoms with E-state index in [0.717, 1.165) is 5.76 Å². The zero-order valence-electron chi connectivity index (χ0n) is 9.61. The minimum Gasteiger partial charge on any atom is -0.467 e. The number of nitrogens with one attached hydrogen (secondary N) is 1. The van der Waals surface area contributed by atoms with Gasteiger partial charge >= 0.3 is 0 Å². The summed E-state index contributed by atoms with van der Waals surface area (Å²) in [5, 5.41) is 13.0. The van der Waals surface area contributed by atoms with Gasteiger partial charge in [0.25, 0.3) is 0 Å². The highest BCUT2D eigenvalue weighted by Gasteiger charge is 2.36. The fraction of sp³-hybridized carbons (Fsp3) is 0.667. The number of aliphatic hydroxyl groups excluding tert-OH is 1. The van der Waals surface area contributed by atoms with E-state index in [2.05, 4.69) is 12.2 Å². The van der Waals surface area contributed by atoms with Crippen molar-refractivity contribution in [2.24, 2.45) is 0 Å². The molecule has 1 aliphatic carbocycles. The third kappa shape index (κ3) is 3.63. The molecule has 1 saturated carbocycles. The first kappa shape index (κ1) is 11.6. The average Bonchev–Trinajstić information content (AvgIpc) is 2.80. The van der Waals surface area contributed by atoms with Gasteiger partial charge in [0.2, 0.25) is 0 Å². The Morgan fingerprint density at radius 3 is 3.06 bits per heavy atom. The van der Waals surface area contributed by atoms with E-state index in [1.165, 1.54) is 12.8 Å². The van der Waals surface area contributed by atoms with Gasteiger partial charge in [0, 0.05) is 12.1 Å². The predicted molar refractivity (Wildman–Crippen MR) is 60.0 cm³/mol. The Labute approximate surface area is 95.6 Å².